The summed E-state index contributed by atoms with van der Waals surface area (Å²) in [5.41, 5.74) is 1.43. The van der Waals surface area contributed by atoms with Crippen LogP contribution in [-0.2, 0) is 0 Å². The fourth-order valence-electron chi connectivity index (χ4n) is 1.76. The first-order valence-electron chi connectivity index (χ1n) is 5.91. The number of hydrogen-bond acceptors (Lipinski definition) is 0. The van der Waals surface area contributed by atoms with Crippen LogP contribution in [0.25, 0.3) is 0 Å². The molecule has 0 aromatic carbocycles. The van der Waals surface area contributed by atoms with Gasteiger partial charge in [0.1, 0.15) is 0 Å². The van der Waals surface area contributed by atoms with Crippen molar-refractivity contribution in [3.05, 3.63) is 0 Å². The maximum atomic E-state index is 2.38. The Labute approximate surface area is 84.1 Å². The normalized spacial score (nSPS) is 28.6. The van der Waals surface area contributed by atoms with Crippen molar-refractivity contribution in [3.8, 4) is 0 Å². The van der Waals surface area contributed by atoms with E-state index in [9.17, 15) is 0 Å². The molecule has 13 heavy (non-hydrogen) atoms. The van der Waals surface area contributed by atoms with Crippen molar-refractivity contribution in [2.24, 2.45) is 10.8 Å². The van der Waals surface area contributed by atoms with Crippen LogP contribution in [0, 0.1) is 10.8 Å². The van der Waals surface area contributed by atoms with E-state index in [1.807, 2.05) is 0 Å². The van der Waals surface area contributed by atoms with Crippen molar-refractivity contribution in [2.75, 3.05) is 0 Å². The highest BCUT2D eigenvalue weighted by Gasteiger charge is 2.30. The molecule has 0 heterocycles. The summed E-state index contributed by atoms with van der Waals surface area (Å²) in [5.74, 6) is 0. The van der Waals surface area contributed by atoms with Gasteiger partial charge in [-0.15, -0.1) is 0 Å². The Morgan fingerprint density at radius 1 is 0.538 bits per heavy atom. The summed E-state index contributed by atoms with van der Waals surface area (Å²) in [7, 11) is 0. The molecule has 2 aliphatic rings. The van der Waals surface area contributed by atoms with E-state index < -0.39 is 0 Å². The van der Waals surface area contributed by atoms with Gasteiger partial charge in [-0.2, -0.15) is 0 Å². The minimum absolute atomic E-state index is 0.679. The average molecular weight is 182 g/mol. The molecule has 78 valence electrons. The molecule has 2 fully saturated rings. The van der Waals surface area contributed by atoms with Gasteiger partial charge in [0.2, 0.25) is 0 Å². The SMILES string of the molecule is CC1(C)CC1.CC1(C)CCCCC1. The molecule has 0 atom stereocenters. The third-order valence-electron chi connectivity index (χ3n) is 3.46. The van der Waals surface area contributed by atoms with Gasteiger partial charge in [-0.25, -0.2) is 0 Å². The van der Waals surface area contributed by atoms with E-state index in [0.717, 1.165) is 5.41 Å². The van der Waals surface area contributed by atoms with Gasteiger partial charge in [0.15, 0.2) is 0 Å². The third kappa shape index (κ3) is 5.33. The lowest BCUT2D eigenvalue weighted by Crippen LogP contribution is -2.14. The molecule has 0 saturated heterocycles. The topological polar surface area (TPSA) is 0 Å². The van der Waals surface area contributed by atoms with Gasteiger partial charge in [-0.05, 0) is 36.5 Å². The van der Waals surface area contributed by atoms with Crippen molar-refractivity contribution < 1.29 is 0 Å². The van der Waals surface area contributed by atoms with Gasteiger partial charge in [0.25, 0.3) is 0 Å². The molecule has 0 heteroatoms. The molecule has 2 saturated carbocycles. The second-order valence-electron chi connectivity index (χ2n) is 6.39. The fraction of sp³-hybridized carbons (Fsp3) is 1.00. The molecular weight excluding hydrogens is 156 g/mol. The van der Waals surface area contributed by atoms with E-state index in [1.165, 1.54) is 44.9 Å². The summed E-state index contributed by atoms with van der Waals surface area (Å²) >= 11 is 0. The molecule has 0 unspecified atom stereocenters. The quantitative estimate of drug-likeness (QED) is 0.505. The van der Waals surface area contributed by atoms with Crippen LogP contribution in [0.5, 0.6) is 0 Å². The fourth-order valence-corrected chi connectivity index (χ4v) is 1.76. The Kier molecular flexibility index (Phi) is 3.43. The number of hydrogen-bond donors (Lipinski definition) is 0. The molecule has 0 bridgehead atoms. The second-order valence-corrected chi connectivity index (χ2v) is 6.39. The molecular formula is C13H26. The summed E-state index contributed by atoms with van der Waals surface area (Å²) in [6, 6.07) is 0. The summed E-state index contributed by atoms with van der Waals surface area (Å²) < 4.78 is 0. The minimum atomic E-state index is 0.679. The minimum Gasteiger partial charge on any atom is -0.0599 e. The first-order valence-corrected chi connectivity index (χ1v) is 5.91. The van der Waals surface area contributed by atoms with Gasteiger partial charge >= 0.3 is 0 Å². The lowest BCUT2D eigenvalue weighted by molar-refractivity contribution is 0.244. The van der Waals surface area contributed by atoms with Crippen LogP contribution < -0.4 is 0 Å². The average Bonchev–Trinajstić information content (AvgIpc) is 2.66. The lowest BCUT2D eigenvalue weighted by Gasteiger charge is -2.28. The molecule has 0 nitrogen and oxygen atoms in total. The second kappa shape index (κ2) is 4.02. The van der Waals surface area contributed by atoms with Crippen LogP contribution in [0.15, 0.2) is 0 Å². The maximum Gasteiger partial charge on any atom is -0.0354 e. The standard InChI is InChI=1S/C8H16.C5H10/c1-8(2)6-4-3-5-7-8;1-5(2)3-4-5/h3-7H2,1-2H3;3-4H2,1-2H3. The highest BCUT2D eigenvalue weighted by atomic mass is 14.4. The van der Waals surface area contributed by atoms with E-state index in [1.54, 1.807) is 0 Å². The van der Waals surface area contributed by atoms with E-state index >= 15 is 0 Å². The molecule has 0 spiro atoms. The van der Waals surface area contributed by atoms with Crippen molar-refractivity contribution >= 4 is 0 Å². The van der Waals surface area contributed by atoms with Crippen molar-refractivity contribution in [3.63, 3.8) is 0 Å². The Hall–Kier alpha value is 0. The van der Waals surface area contributed by atoms with Gasteiger partial charge in [0, 0.05) is 0 Å². The highest BCUT2D eigenvalue weighted by Crippen LogP contribution is 2.43. The summed E-state index contributed by atoms with van der Waals surface area (Å²) in [6.07, 6.45) is 10.2. The van der Waals surface area contributed by atoms with Crippen LogP contribution in [0.4, 0.5) is 0 Å². The summed E-state index contributed by atoms with van der Waals surface area (Å²) in [6.45, 7) is 9.36. The molecule has 0 N–H and O–H groups in total. The van der Waals surface area contributed by atoms with Crippen LogP contribution in [0.2, 0.25) is 0 Å². The first-order chi connectivity index (χ1) is 5.91. The Bertz CT molecular complexity index is 139. The molecule has 0 aromatic rings. The lowest BCUT2D eigenvalue weighted by atomic mass is 9.78. The third-order valence-corrected chi connectivity index (χ3v) is 3.46. The Balaban J connectivity index is 0.000000145. The summed E-state index contributed by atoms with van der Waals surface area (Å²) in [4.78, 5) is 0. The van der Waals surface area contributed by atoms with Crippen molar-refractivity contribution in [2.45, 2.75) is 72.6 Å². The molecule has 2 rings (SSSR count). The van der Waals surface area contributed by atoms with Crippen molar-refractivity contribution in [1.29, 1.82) is 0 Å². The van der Waals surface area contributed by atoms with Gasteiger partial charge in [0.05, 0.1) is 0 Å². The smallest absolute Gasteiger partial charge is 0.0354 e. The van der Waals surface area contributed by atoms with Gasteiger partial charge in [-0.3, -0.25) is 0 Å². The molecule has 0 radical (unpaired) electrons. The Morgan fingerprint density at radius 3 is 1.00 bits per heavy atom. The van der Waals surface area contributed by atoms with Gasteiger partial charge < -0.3 is 0 Å². The van der Waals surface area contributed by atoms with E-state index in [-0.39, 0.29) is 0 Å². The van der Waals surface area contributed by atoms with Crippen LogP contribution in [-0.4, -0.2) is 0 Å². The molecule has 2 aliphatic carbocycles. The zero-order valence-corrected chi connectivity index (χ0v) is 9.95. The zero-order chi connectivity index (χ0) is 9.95. The van der Waals surface area contributed by atoms with Crippen molar-refractivity contribution in [1.82, 2.24) is 0 Å². The monoisotopic (exact) mass is 182 g/mol. The van der Waals surface area contributed by atoms with E-state index in [0.29, 0.717) is 5.41 Å². The number of rotatable bonds is 0. The van der Waals surface area contributed by atoms with Crippen LogP contribution >= 0.6 is 0 Å². The van der Waals surface area contributed by atoms with Crippen LogP contribution in [0.1, 0.15) is 72.6 Å². The summed E-state index contributed by atoms with van der Waals surface area (Å²) in [5, 5.41) is 0. The van der Waals surface area contributed by atoms with E-state index in [4.69, 9.17) is 0 Å². The highest BCUT2D eigenvalue weighted by molar-refractivity contribution is 4.82. The largest absolute Gasteiger partial charge is 0.0599 e. The predicted molar refractivity (Wildman–Crippen MR) is 59.9 cm³/mol. The molecule has 0 amide bonds. The Morgan fingerprint density at radius 2 is 0.846 bits per heavy atom. The molecule has 0 aromatic heterocycles. The van der Waals surface area contributed by atoms with E-state index in [2.05, 4.69) is 27.7 Å². The first kappa shape index (κ1) is 11.1. The predicted octanol–water partition coefficient (Wildman–Crippen LogP) is 4.78. The van der Waals surface area contributed by atoms with Gasteiger partial charge in [-0.1, -0.05) is 47.0 Å². The van der Waals surface area contributed by atoms with Crippen LogP contribution in [0.3, 0.4) is 0 Å². The zero-order valence-electron chi connectivity index (χ0n) is 9.95. The maximum absolute atomic E-state index is 2.38. The molecule has 0 aliphatic heterocycles.